The monoisotopic (exact) mass is 436 g/mol. The van der Waals surface area contributed by atoms with Crippen LogP contribution in [0.25, 0.3) is 10.1 Å². The van der Waals surface area contributed by atoms with Gasteiger partial charge in [0.1, 0.15) is 6.54 Å². The van der Waals surface area contributed by atoms with Crippen molar-refractivity contribution < 1.29 is 31.0 Å². The molecule has 0 bridgehead atoms. The number of hydrogen-bond donors (Lipinski definition) is 1. The van der Waals surface area contributed by atoms with Gasteiger partial charge in [0.2, 0.25) is 6.33 Å². The third-order valence-electron chi connectivity index (χ3n) is 5.03. The number of nitrogens with two attached hydrogens (primary N) is 1. The Balaban J connectivity index is 0.00000196. The Labute approximate surface area is 167 Å². The zero-order chi connectivity index (χ0) is 17.8. The van der Waals surface area contributed by atoms with Crippen molar-refractivity contribution in [2.24, 2.45) is 0 Å². The highest BCUT2D eigenvalue weighted by atomic mass is 79.9. The summed E-state index contributed by atoms with van der Waals surface area (Å²) in [5, 5.41) is 5.40. The second-order valence-corrected chi connectivity index (χ2v) is 8.62. The molecule has 0 unspecified atom stereocenters. The summed E-state index contributed by atoms with van der Waals surface area (Å²) in [5.41, 5.74) is 0.530. The molecule has 0 atom stereocenters. The lowest BCUT2D eigenvalue weighted by molar-refractivity contribution is -0.639. The molecule has 138 valence electrons. The Kier molecular flexibility index (Phi) is 4.94. The van der Waals surface area contributed by atoms with E-state index in [1.54, 1.807) is 24.0 Å². The third-order valence-corrected chi connectivity index (χ3v) is 6.17. The van der Waals surface area contributed by atoms with Crippen molar-refractivity contribution in [3.63, 3.8) is 0 Å². The Morgan fingerprint density at radius 1 is 1.19 bits per heavy atom. The molecule has 2 aromatic heterocycles. The van der Waals surface area contributed by atoms with Gasteiger partial charge in [-0.1, -0.05) is 6.07 Å². The van der Waals surface area contributed by atoms with Crippen LogP contribution in [-0.4, -0.2) is 28.1 Å². The lowest BCUT2D eigenvalue weighted by Crippen LogP contribution is -3.00. The molecule has 0 spiro atoms. The Morgan fingerprint density at radius 3 is 2.50 bits per heavy atom. The maximum absolute atomic E-state index is 6.17. The van der Waals surface area contributed by atoms with Crippen molar-refractivity contribution in [2.75, 3.05) is 5.84 Å². The first-order chi connectivity index (χ1) is 11.7. The molecule has 3 heterocycles. The van der Waals surface area contributed by atoms with E-state index in [1.165, 1.54) is 20.3 Å². The predicted molar refractivity (Wildman–Crippen MR) is 99.2 cm³/mol. The highest BCUT2D eigenvalue weighted by molar-refractivity contribution is 7.28. The Morgan fingerprint density at radius 2 is 1.88 bits per heavy atom. The summed E-state index contributed by atoms with van der Waals surface area (Å²) in [6, 6.07) is 8.61. The minimum absolute atomic E-state index is 0. The molecule has 26 heavy (non-hydrogen) atoms. The molecule has 1 aliphatic rings. The van der Waals surface area contributed by atoms with E-state index >= 15 is 0 Å². The van der Waals surface area contributed by atoms with Crippen LogP contribution < -0.4 is 32.3 Å². The van der Waals surface area contributed by atoms with Gasteiger partial charge in [-0.15, -0.1) is 20.7 Å². The van der Waals surface area contributed by atoms with E-state index in [4.69, 9.17) is 15.2 Å². The summed E-state index contributed by atoms with van der Waals surface area (Å²) in [4.78, 5) is 0. The first-order valence-corrected chi connectivity index (χ1v) is 9.12. The van der Waals surface area contributed by atoms with Crippen molar-refractivity contribution in [1.82, 2.24) is 9.78 Å². The van der Waals surface area contributed by atoms with Crippen molar-refractivity contribution in [3.05, 3.63) is 42.5 Å². The smallest absolute Gasteiger partial charge is 0.505 e. The Hall–Kier alpha value is -1.42. The number of nitrogen functional groups attached to an aromatic ring is 1. The van der Waals surface area contributed by atoms with E-state index in [2.05, 4.69) is 57.1 Å². The second kappa shape index (κ2) is 6.63. The normalized spacial score (nSPS) is 18.2. The van der Waals surface area contributed by atoms with Gasteiger partial charge >= 0.3 is 7.12 Å². The van der Waals surface area contributed by atoms with Crippen LogP contribution in [0, 0.1) is 0 Å². The van der Waals surface area contributed by atoms with Crippen LogP contribution in [0.3, 0.4) is 0 Å². The van der Waals surface area contributed by atoms with Gasteiger partial charge in [-0.25, -0.2) is 0 Å². The second-order valence-electron chi connectivity index (χ2n) is 7.50. The fraction of sp³-hybridized carbons (Fsp3) is 0.412. The third kappa shape index (κ3) is 3.41. The first kappa shape index (κ1) is 19.3. The number of hydrogen-bond acceptors (Lipinski definition) is 5. The molecule has 0 aliphatic carbocycles. The van der Waals surface area contributed by atoms with Crippen molar-refractivity contribution in [1.29, 1.82) is 0 Å². The zero-order valence-corrected chi connectivity index (χ0v) is 17.7. The van der Waals surface area contributed by atoms with E-state index in [-0.39, 0.29) is 35.3 Å². The average molecular weight is 437 g/mol. The van der Waals surface area contributed by atoms with Gasteiger partial charge in [-0.2, -0.15) is 0 Å². The fourth-order valence-electron chi connectivity index (χ4n) is 2.90. The van der Waals surface area contributed by atoms with Crippen LogP contribution >= 0.6 is 11.3 Å². The van der Waals surface area contributed by atoms with Crippen LogP contribution in [0.2, 0.25) is 0 Å². The van der Waals surface area contributed by atoms with Crippen molar-refractivity contribution in [3.8, 4) is 0 Å². The summed E-state index contributed by atoms with van der Waals surface area (Å²) in [6.07, 6.45) is 3.34. The van der Waals surface area contributed by atoms with Crippen LogP contribution in [0.5, 0.6) is 0 Å². The average Bonchev–Trinajstić information content (AvgIpc) is 3.16. The summed E-state index contributed by atoms with van der Waals surface area (Å²) in [6.45, 7) is 8.98. The number of rotatable bonds is 3. The van der Waals surface area contributed by atoms with E-state index in [0.717, 1.165) is 4.78 Å². The van der Waals surface area contributed by atoms with Crippen LogP contribution in [0.1, 0.15) is 33.3 Å². The molecular formula is C17H22BBrN4O2S. The van der Waals surface area contributed by atoms with Crippen LogP contribution in [-0.2, 0) is 15.9 Å². The number of benzene rings is 1. The molecule has 1 aliphatic heterocycles. The molecule has 1 aromatic carbocycles. The predicted octanol–water partition coefficient (Wildman–Crippen LogP) is -1.55. The molecule has 6 nitrogen and oxygen atoms in total. The van der Waals surface area contributed by atoms with Gasteiger partial charge in [0.05, 0.1) is 11.2 Å². The molecule has 1 saturated heterocycles. The topological polar surface area (TPSA) is 66.2 Å². The maximum atomic E-state index is 6.17. The number of aromatic nitrogens is 3. The van der Waals surface area contributed by atoms with Gasteiger partial charge in [0.25, 0.3) is 6.33 Å². The van der Waals surface area contributed by atoms with Gasteiger partial charge in [0, 0.05) is 14.6 Å². The quantitative estimate of drug-likeness (QED) is 0.306. The summed E-state index contributed by atoms with van der Waals surface area (Å²) in [7, 11) is -0.312. The van der Waals surface area contributed by atoms with E-state index in [9.17, 15) is 0 Å². The number of thiophene rings is 1. The highest BCUT2D eigenvalue weighted by Gasteiger charge is 2.52. The van der Waals surface area contributed by atoms with Gasteiger partial charge in [-0.05, 0) is 56.8 Å². The van der Waals surface area contributed by atoms with Crippen LogP contribution in [0.4, 0.5) is 0 Å². The first-order valence-electron chi connectivity index (χ1n) is 8.30. The van der Waals surface area contributed by atoms with E-state index in [1.807, 2.05) is 4.68 Å². The Bertz CT molecular complexity index is 924. The molecule has 0 saturated carbocycles. The maximum Gasteiger partial charge on any atom is 0.505 e. The molecule has 1 fully saturated rings. The lowest BCUT2D eigenvalue weighted by atomic mass is 9.87. The van der Waals surface area contributed by atoms with Gasteiger partial charge in [0.15, 0.2) is 0 Å². The van der Waals surface area contributed by atoms with E-state index in [0.29, 0.717) is 6.54 Å². The van der Waals surface area contributed by atoms with Crippen molar-refractivity contribution >= 4 is 33.3 Å². The minimum Gasteiger partial charge on any atom is -1.00 e. The minimum atomic E-state index is -0.323. The largest absolute Gasteiger partial charge is 1.00 e. The molecule has 0 radical (unpaired) electrons. The molecule has 9 heteroatoms. The van der Waals surface area contributed by atoms with Gasteiger partial charge in [-0.3, -0.25) is 5.84 Å². The summed E-state index contributed by atoms with van der Waals surface area (Å²) < 4.78 is 17.9. The molecule has 0 amide bonds. The fourth-order valence-corrected chi connectivity index (χ4v) is 3.90. The van der Waals surface area contributed by atoms with E-state index < -0.39 is 0 Å². The van der Waals surface area contributed by atoms with Crippen molar-refractivity contribution in [2.45, 2.75) is 45.4 Å². The highest BCUT2D eigenvalue weighted by Crippen LogP contribution is 2.37. The molecular weight excluding hydrogens is 415 g/mol. The SMILES string of the molecule is CC1(C)OB(c2cc3cc(Cn4c[n+](N)cn4)ccc3s2)OC1(C)C.[Br-]. The summed E-state index contributed by atoms with van der Waals surface area (Å²) in [5.74, 6) is 5.65. The number of nitrogens with zero attached hydrogens (tertiary/aromatic N) is 3. The summed E-state index contributed by atoms with van der Waals surface area (Å²) >= 11 is 1.72. The standard InChI is InChI=1S/C17H22BN4O2S.BrH/c1-16(2)17(3,4)24-18(23-16)15-8-13-7-12(5-6-14(13)25-15)9-22-11-21(19)10-20-22;/h5-8,10-11H,9,19H2,1-4H3;1H/q+1;/p-1. The molecule has 4 rings (SSSR count). The number of halogens is 1. The molecule has 2 N–H and O–H groups in total. The zero-order valence-electron chi connectivity index (χ0n) is 15.3. The number of fused-ring (bicyclic) bond motifs is 1. The molecule has 3 aromatic rings. The lowest BCUT2D eigenvalue weighted by Gasteiger charge is -2.32. The van der Waals surface area contributed by atoms with Gasteiger partial charge < -0.3 is 26.3 Å². The van der Waals surface area contributed by atoms with Crippen LogP contribution in [0.15, 0.2) is 36.9 Å².